The van der Waals surface area contributed by atoms with Crippen molar-refractivity contribution in [2.24, 2.45) is 4.99 Å². The number of hydrogen-bond acceptors (Lipinski definition) is 5. The van der Waals surface area contributed by atoms with Gasteiger partial charge in [0.1, 0.15) is 0 Å². The minimum Gasteiger partial charge on any atom is -0.493 e. The van der Waals surface area contributed by atoms with Crippen molar-refractivity contribution in [1.29, 1.82) is 0 Å². The molecule has 1 aromatic rings. The van der Waals surface area contributed by atoms with Crippen molar-refractivity contribution in [3.63, 3.8) is 0 Å². The maximum Gasteiger partial charge on any atom is 0.191 e. The van der Waals surface area contributed by atoms with Gasteiger partial charge >= 0.3 is 0 Å². The number of aliphatic imine (C=N–C) groups is 1. The number of piperazine rings is 1. The zero-order chi connectivity index (χ0) is 22.3. The molecule has 2 N–H and O–H groups in total. The van der Waals surface area contributed by atoms with E-state index in [2.05, 4.69) is 51.7 Å². The number of hydrogen-bond donors (Lipinski definition) is 2. The molecule has 1 aliphatic carbocycles. The molecule has 2 fully saturated rings. The zero-order valence-corrected chi connectivity index (χ0v) is 22.8. The van der Waals surface area contributed by atoms with E-state index in [4.69, 9.17) is 9.47 Å². The van der Waals surface area contributed by atoms with Crippen LogP contribution in [0.4, 0.5) is 0 Å². The Morgan fingerprint density at radius 3 is 2.44 bits per heavy atom. The average molecular weight is 560 g/mol. The molecule has 1 heterocycles. The Hall–Kier alpha value is -1.26. The van der Waals surface area contributed by atoms with E-state index in [0.29, 0.717) is 6.04 Å². The van der Waals surface area contributed by atoms with Gasteiger partial charge in [0.2, 0.25) is 0 Å². The number of likely N-dealkylation sites (N-methyl/N-ethyl adjacent to an activating group) is 2. The van der Waals surface area contributed by atoms with E-state index >= 15 is 0 Å². The van der Waals surface area contributed by atoms with Gasteiger partial charge in [-0.05, 0) is 44.6 Å². The summed E-state index contributed by atoms with van der Waals surface area (Å²) in [4.78, 5) is 9.34. The van der Waals surface area contributed by atoms with Gasteiger partial charge in [-0.25, -0.2) is 0 Å². The summed E-state index contributed by atoms with van der Waals surface area (Å²) in [5.41, 5.74) is 1.40. The van der Waals surface area contributed by atoms with Gasteiger partial charge in [0.25, 0.3) is 0 Å². The van der Waals surface area contributed by atoms with Gasteiger partial charge in [-0.1, -0.05) is 25.3 Å². The lowest BCUT2D eigenvalue weighted by molar-refractivity contribution is 0.116. The van der Waals surface area contributed by atoms with Crippen molar-refractivity contribution in [3.05, 3.63) is 23.8 Å². The molecule has 1 aliphatic heterocycles. The SMILES string of the molecule is CN=C(NCC1CN(C)CCN1C)NCC1(c2ccc(OC)c(OC)c2)CCCCC1.I. The molecule has 0 bridgehead atoms. The first-order valence-corrected chi connectivity index (χ1v) is 11.6. The minimum atomic E-state index is 0. The highest BCUT2D eigenvalue weighted by Gasteiger charge is 2.35. The van der Waals surface area contributed by atoms with Crippen molar-refractivity contribution in [3.8, 4) is 11.5 Å². The topological polar surface area (TPSA) is 61.4 Å². The second-order valence-electron chi connectivity index (χ2n) is 9.11. The van der Waals surface area contributed by atoms with Crippen LogP contribution in [0.1, 0.15) is 37.7 Å². The first-order chi connectivity index (χ1) is 15.0. The average Bonchev–Trinajstić information content (AvgIpc) is 2.81. The van der Waals surface area contributed by atoms with Crippen LogP contribution in [0.3, 0.4) is 0 Å². The third kappa shape index (κ3) is 6.63. The lowest BCUT2D eigenvalue weighted by Gasteiger charge is -2.39. The predicted molar refractivity (Wildman–Crippen MR) is 143 cm³/mol. The maximum absolute atomic E-state index is 5.59. The van der Waals surface area contributed by atoms with E-state index in [-0.39, 0.29) is 29.4 Å². The first kappa shape index (κ1) is 27.0. The number of halogens is 1. The Morgan fingerprint density at radius 2 is 1.78 bits per heavy atom. The zero-order valence-electron chi connectivity index (χ0n) is 20.4. The van der Waals surface area contributed by atoms with Crippen LogP contribution in [0.5, 0.6) is 11.5 Å². The fourth-order valence-corrected chi connectivity index (χ4v) is 4.97. The molecule has 32 heavy (non-hydrogen) atoms. The lowest BCUT2D eigenvalue weighted by Crippen LogP contribution is -2.56. The van der Waals surface area contributed by atoms with E-state index in [1.807, 2.05) is 13.1 Å². The third-order valence-electron chi connectivity index (χ3n) is 7.11. The minimum absolute atomic E-state index is 0. The summed E-state index contributed by atoms with van der Waals surface area (Å²) >= 11 is 0. The smallest absolute Gasteiger partial charge is 0.191 e. The van der Waals surface area contributed by atoms with Crippen LogP contribution in [-0.4, -0.2) is 89.9 Å². The number of nitrogens with zero attached hydrogens (tertiary/aromatic N) is 3. The number of nitrogens with one attached hydrogen (secondary N) is 2. The highest BCUT2D eigenvalue weighted by molar-refractivity contribution is 14.0. The molecular weight excluding hydrogens is 517 g/mol. The van der Waals surface area contributed by atoms with Gasteiger partial charge in [-0.2, -0.15) is 0 Å². The highest BCUT2D eigenvalue weighted by Crippen LogP contribution is 2.42. The van der Waals surface area contributed by atoms with Crippen LogP contribution in [0, 0.1) is 0 Å². The summed E-state index contributed by atoms with van der Waals surface area (Å²) in [7, 11) is 9.66. The largest absolute Gasteiger partial charge is 0.493 e. The highest BCUT2D eigenvalue weighted by atomic mass is 127. The fraction of sp³-hybridized carbons (Fsp3) is 0.708. The van der Waals surface area contributed by atoms with Crippen LogP contribution < -0.4 is 20.1 Å². The second-order valence-corrected chi connectivity index (χ2v) is 9.11. The number of guanidine groups is 1. The Labute approximate surface area is 211 Å². The van der Waals surface area contributed by atoms with E-state index in [1.54, 1.807) is 14.2 Å². The van der Waals surface area contributed by atoms with Gasteiger partial charge in [0, 0.05) is 51.2 Å². The summed E-state index contributed by atoms with van der Waals surface area (Å²) in [5, 5.41) is 7.21. The molecule has 182 valence electrons. The fourth-order valence-electron chi connectivity index (χ4n) is 4.97. The normalized spacial score (nSPS) is 22.0. The molecule has 3 rings (SSSR count). The van der Waals surface area contributed by atoms with Crippen molar-refractivity contribution < 1.29 is 9.47 Å². The summed E-state index contributed by atoms with van der Waals surface area (Å²) in [5.74, 6) is 2.47. The number of ether oxygens (including phenoxy) is 2. The number of methoxy groups -OCH3 is 2. The molecule has 1 saturated carbocycles. The molecule has 7 nitrogen and oxygen atoms in total. The van der Waals surface area contributed by atoms with Crippen LogP contribution in [-0.2, 0) is 5.41 Å². The van der Waals surface area contributed by atoms with E-state index < -0.39 is 0 Å². The Balaban J connectivity index is 0.00000363. The summed E-state index contributed by atoms with van der Waals surface area (Å²) in [6.45, 7) is 5.08. The van der Waals surface area contributed by atoms with Gasteiger partial charge in [-0.15, -0.1) is 24.0 Å². The van der Waals surface area contributed by atoms with Gasteiger partial charge < -0.3 is 25.0 Å². The van der Waals surface area contributed by atoms with Crippen molar-refractivity contribution in [2.75, 3.05) is 68.1 Å². The number of rotatable bonds is 7. The molecule has 1 unspecified atom stereocenters. The molecular formula is C24H42IN5O2. The predicted octanol–water partition coefficient (Wildman–Crippen LogP) is 2.93. The summed E-state index contributed by atoms with van der Waals surface area (Å²) in [6, 6.07) is 6.89. The van der Waals surface area contributed by atoms with Crippen LogP contribution >= 0.6 is 24.0 Å². The summed E-state index contributed by atoms with van der Waals surface area (Å²) < 4.78 is 11.0. The molecule has 0 radical (unpaired) electrons. The van der Waals surface area contributed by atoms with E-state index in [9.17, 15) is 0 Å². The molecule has 1 aromatic carbocycles. The van der Waals surface area contributed by atoms with Crippen LogP contribution in [0.15, 0.2) is 23.2 Å². The van der Waals surface area contributed by atoms with Crippen molar-refractivity contribution in [2.45, 2.75) is 43.6 Å². The van der Waals surface area contributed by atoms with Crippen LogP contribution in [0.2, 0.25) is 0 Å². The molecule has 0 aromatic heterocycles. The lowest BCUT2D eigenvalue weighted by atomic mass is 9.69. The maximum atomic E-state index is 5.59. The Bertz CT molecular complexity index is 739. The van der Waals surface area contributed by atoms with E-state index in [1.165, 1.54) is 37.7 Å². The molecule has 8 heteroatoms. The third-order valence-corrected chi connectivity index (χ3v) is 7.11. The van der Waals surface area contributed by atoms with Gasteiger partial charge in [0.15, 0.2) is 17.5 Å². The molecule has 1 atom stereocenters. The standard InChI is InChI=1S/C24H41N5O2.HI/c1-25-23(26-16-20-17-28(2)13-14-29(20)3)27-18-24(11-7-6-8-12-24)19-9-10-21(30-4)22(15-19)31-5;/h9-10,15,20H,6-8,11-14,16-18H2,1-5H3,(H2,25,26,27);1H. The van der Waals surface area contributed by atoms with Crippen LogP contribution in [0.25, 0.3) is 0 Å². The van der Waals surface area contributed by atoms with Crippen molar-refractivity contribution in [1.82, 2.24) is 20.4 Å². The number of benzene rings is 1. The first-order valence-electron chi connectivity index (χ1n) is 11.6. The Kier molecular flexibility index (Phi) is 10.8. The molecule has 1 saturated heterocycles. The van der Waals surface area contributed by atoms with Gasteiger partial charge in [0.05, 0.1) is 14.2 Å². The quantitative estimate of drug-likeness (QED) is 0.305. The van der Waals surface area contributed by atoms with Crippen molar-refractivity contribution >= 4 is 29.9 Å². The van der Waals surface area contributed by atoms with Gasteiger partial charge in [-0.3, -0.25) is 9.89 Å². The molecule has 0 amide bonds. The monoisotopic (exact) mass is 559 g/mol. The second kappa shape index (κ2) is 12.8. The summed E-state index contributed by atoms with van der Waals surface area (Å²) in [6.07, 6.45) is 6.15. The molecule has 0 spiro atoms. The molecule has 2 aliphatic rings. The van der Waals surface area contributed by atoms with E-state index in [0.717, 1.165) is 50.2 Å². The Morgan fingerprint density at radius 1 is 1.06 bits per heavy atom.